The molecule has 100 valence electrons. The van der Waals surface area contributed by atoms with E-state index >= 15 is 0 Å². The topological polar surface area (TPSA) is 64.3 Å². The summed E-state index contributed by atoms with van der Waals surface area (Å²) in [5, 5.41) is 2.75. The molecular formula is C13H19FN2O2. The average molecular weight is 254 g/mol. The molecular weight excluding hydrogens is 235 g/mol. The summed E-state index contributed by atoms with van der Waals surface area (Å²) in [6.45, 7) is 2.24. The number of halogens is 1. The summed E-state index contributed by atoms with van der Waals surface area (Å²) in [7, 11) is 1.42. The van der Waals surface area contributed by atoms with Gasteiger partial charge in [-0.3, -0.25) is 4.79 Å². The molecule has 0 radical (unpaired) electrons. The molecule has 1 unspecified atom stereocenters. The van der Waals surface area contributed by atoms with Crippen LogP contribution < -0.4 is 15.8 Å². The van der Waals surface area contributed by atoms with E-state index in [9.17, 15) is 9.18 Å². The number of hydrogen-bond donors (Lipinski definition) is 2. The highest BCUT2D eigenvalue weighted by Gasteiger charge is 2.08. The predicted molar refractivity (Wildman–Crippen MR) is 67.9 cm³/mol. The Balaban J connectivity index is 2.48. The Bertz CT molecular complexity index is 410. The second-order valence-electron chi connectivity index (χ2n) is 4.17. The lowest BCUT2D eigenvalue weighted by molar-refractivity contribution is -0.121. The standard InChI is InChI=1S/C13H19FN2O2/c1-9(8-15)16-13(17)6-4-10-3-5-12(18-2)11(14)7-10/h3,5,7,9H,4,6,8,15H2,1-2H3,(H,16,17). The fourth-order valence-corrected chi connectivity index (χ4v) is 1.53. The molecule has 1 atom stereocenters. The molecule has 4 nitrogen and oxygen atoms in total. The molecule has 1 aromatic carbocycles. The Morgan fingerprint density at radius 2 is 2.28 bits per heavy atom. The fraction of sp³-hybridized carbons (Fsp3) is 0.462. The number of hydrogen-bond acceptors (Lipinski definition) is 3. The highest BCUT2D eigenvalue weighted by Crippen LogP contribution is 2.18. The molecule has 1 amide bonds. The molecule has 0 aromatic heterocycles. The van der Waals surface area contributed by atoms with Crippen LogP contribution in [0.5, 0.6) is 5.75 Å². The number of benzene rings is 1. The van der Waals surface area contributed by atoms with Crippen LogP contribution in [-0.2, 0) is 11.2 Å². The number of nitrogens with two attached hydrogens (primary N) is 1. The minimum atomic E-state index is -0.411. The van der Waals surface area contributed by atoms with Crippen molar-refractivity contribution in [3.05, 3.63) is 29.6 Å². The molecule has 0 saturated heterocycles. The van der Waals surface area contributed by atoms with Crippen molar-refractivity contribution in [1.82, 2.24) is 5.32 Å². The lowest BCUT2D eigenvalue weighted by atomic mass is 10.1. The van der Waals surface area contributed by atoms with Crippen LogP contribution in [0.15, 0.2) is 18.2 Å². The first-order chi connectivity index (χ1) is 8.56. The number of methoxy groups -OCH3 is 1. The molecule has 0 aliphatic heterocycles. The fourth-order valence-electron chi connectivity index (χ4n) is 1.53. The molecule has 0 heterocycles. The lowest BCUT2D eigenvalue weighted by Crippen LogP contribution is -2.37. The summed E-state index contributed by atoms with van der Waals surface area (Å²) in [6.07, 6.45) is 0.806. The Hall–Kier alpha value is -1.62. The molecule has 0 fully saturated rings. The molecule has 0 saturated carbocycles. The van der Waals surface area contributed by atoms with Gasteiger partial charge in [-0.15, -0.1) is 0 Å². The van der Waals surface area contributed by atoms with Gasteiger partial charge in [0.1, 0.15) is 0 Å². The molecule has 1 aromatic rings. The Kier molecular flexibility index (Phi) is 5.58. The number of amides is 1. The van der Waals surface area contributed by atoms with E-state index in [1.807, 2.05) is 6.92 Å². The quantitative estimate of drug-likeness (QED) is 0.802. The van der Waals surface area contributed by atoms with Crippen LogP contribution in [0.25, 0.3) is 0 Å². The molecule has 1 rings (SSSR count). The van der Waals surface area contributed by atoms with E-state index in [4.69, 9.17) is 10.5 Å². The van der Waals surface area contributed by atoms with Gasteiger partial charge in [-0.2, -0.15) is 0 Å². The Morgan fingerprint density at radius 3 is 2.83 bits per heavy atom. The van der Waals surface area contributed by atoms with Crippen molar-refractivity contribution in [2.75, 3.05) is 13.7 Å². The summed E-state index contributed by atoms with van der Waals surface area (Å²) < 4.78 is 18.2. The van der Waals surface area contributed by atoms with Gasteiger partial charge < -0.3 is 15.8 Å². The normalized spacial score (nSPS) is 12.0. The van der Waals surface area contributed by atoms with E-state index < -0.39 is 5.82 Å². The van der Waals surface area contributed by atoms with Crippen molar-refractivity contribution in [1.29, 1.82) is 0 Å². The predicted octanol–water partition coefficient (Wildman–Crippen LogP) is 1.23. The highest BCUT2D eigenvalue weighted by molar-refractivity contribution is 5.76. The number of ether oxygens (including phenoxy) is 1. The number of carbonyl (C=O) groups is 1. The van der Waals surface area contributed by atoms with Crippen LogP contribution in [-0.4, -0.2) is 25.6 Å². The summed E-state index contributed by atoms with van der Waals surface area (Å²) in [5.74, 6) is -0.283. The zero-order valence-corrected chi connectivity index (χ0v) is 10.7. The SMILES string of the molecule is COc1ccc(CCC(=O)NC(C)CN)cc1F. The zero-order chi connectivity index (χ0) is 13.5. The van der Waals surface area contributed by atoms with Crippen LogP contribution in [0.2, 0.25) is 0 Å². The molecule has 0 aliphatic rings. The maximum absolute atomic E-state index is 13.4. The van der Waals surface area contributed by atoms with Gasteiger partial charge in [-0.05, 0) is 31.0 Å². The third kappa shape index (κ3) is 4.33. The van der Waals surface area contributed by atoms with E-state index in [0.717, 1.165) is 5.56 Å². The van der Waals surface area contributed by atoms with Crippen LogP contribution >= 0.6 is 0 Å². The van der Waals surface area contributed by atoms with Gasteiger partial charge >= 0.3 is 0 Å². The minimum Gasteiger partial charge on any atom is -0.494 e. The molecule has 18 heavy (non-hydrogen) atoms. The monoisotopic (exact) mass is 254 g/mol. The summed E-state index contributed by atoms with van der Waals surface area (Å²) in [4.78, 5) is 11.5. The van der Waals surface area contributed by atoms with Gasteiger partial charge in [-0.25, -0.2) is 4.39 Å². The second-order valence-corrected chi connectivity index (χ2v) is 4.17. The second kappa shape index (κ2) is 6.96. The van der Waals surface area contributed by atoms with E-state index in [-0.39, 0.29) is 17.7 Å². The summed E-state index contributed by atoms with van der Waals surface area (Å²) in [5.41, 5.74) is 6.17. The maximum atomic E-state index is 13.4. The van der Waals surface area contributed by atoms with Crippen molar-refractivity contribution >= 4 is 5.91 Å². The van der Waals surface area contributed by atoms with E-state index in [2.05, 4.69) is 5.32 Å². The number of carbonyl (C=O) groups excluding carboxylic acids is 1. The summed E-state index contributed by atoms with van der Waals surface area (Å²) in [6, 6.07) is 4.66. The average Bonchev–Trinajstić information content (AvgIpc) is 2.36. The van der Waals surface area contributed by atoms with E-state index in [1.54, 1.807) is 12.1 Å². The van der Waals surface area contributed by atoms with Gasteiger partial charge in [-0.1, -0.05) is 6.07 Å². The minimum absolute atomic E-state index is 0.0369. The van der Waals surface area contributed by atoms with Crippen LogP contribution in [0.3, 0.4) is 0 Å². The van der Waals surface area contributed by atoms with Gasteiger partial charge in [0.05, 0.1) is 7.11 Å². The third-order valence-corrected chi connectivity index (χ3v) is 2.62. The van der Waals surface area contributed by atoms with E-state index in [1.165, 1.54) is 13.2 Å². The van der Waals surface area contributed by atoms with Gasteiger partial charge in [0.2, 0.25) is 5.91 Å². The van der Waals surface area contributed by atoms with Gasteiger partial charge in [0.15, 0.2) is 11.6 Å². The largest absolute Gasteiger partial charge is 0.494 e. The number of nitrogens with one attached hydrogen (secondary N) is 1. The van der Waals surface area contributed by atoms with Crippen LogP contribution in [0, 0.1) is 5.82 Å². The molecule has 0 bridgehead atoms. The van der Waals surface area contributed by atoms with Gasteiger partial charge in [0, 0.05) is 19.0 Å². The number of aryl methyl sites for hydroxylation is 1. The van der Waals surface area contributed by atoms with Crippen molar-refractivity contribution in [2.45, 2.75) is 25.8 Å². The molecule has 5 heteroatoms. The maximum Gasteiger partial charge on any atom is 0.220 e. The first kappa shape index (κ1) is 14.4. The molecule has 3 N–H and O–H groups in total. The van der Waals surface area contributed by atoms with Crippen LogP contribution in [0.1, 0.15) is 18.9 Å². The first-order valence-electron chi connectivity index (χ1n) is 5.88. The lowest BCUT2D eigenvalue weighted by Gasteiger charge is -2.11. The van der Waals surface area contributed by atoms with Crippen molar-refractivity contribution in [3.8, 4) is 5.75 Å². The molecule has 0 spiro atoms. The smallest absolute Gasteiger partial charge is 0.220 e. The van der Waals surface area contributed by atoms with Crippen molar-refractivity contribution in [2.24, 2.45) is 5.73 Å². The zero-order valence-electron chi connectivity index (χ0n) is 10.7. The van der Waals surface area contributed by atoms with Crippen molar-refractivity contribution in [3.63, 3.8) is 0 Å². The molecule has 0 aliphatic carbocycles. The Labute approximate surface area is 106 Å². The first-order valence-corrected chi connectivity index (χ1v) is 5.88. The number of rotatable bonds is 6. The summed E-state index contributed by atoms with van der Waals surface area (Å²) >= 11 is 0. The highest BCUT2D eigenvalue weighted by atomic mass is 19.1. The Morgan fingerprint density at radius 1 is 1.56 bits per heavy atom. The van der Waals surface area contributed by atoms with Crippen LogP contribution in [0.4, 0.5) is 4.39 Å². The van der Waals surface area contributed by atoms with Gasteiger partial charge in [0.25, 0.3) is 0 Å². The van der Waals surface area contributed by atoms with E-state index in [0.29, 0.717) is 19.4 Å². The van der Waals surface area contributed by atoms with Crippen molar-refractivity contribution < 1.29 is 13.9 Å². The third-order valence-electron chi connectivity index (χ3n) is 2.62.